The van der Waals surface area contributed by atoms with E-state index >= 15 is 0 Å². The van der Waals surface area contributed by atoms with Gasteiger partial charge in [-0.1, -0.05) is 79.7 Å². The molecule has 63 heavy (non-hydrogen) atoms. The molecule has 0 saturated carbocycles. The van der Waals surface area contributed by atoms with Gasteiger partial charge in [0.05, 0.1) is 47.8 Å². The van der Waals surface area contributed by atoms with Gasteiger partial charge in [0.15, 0.2) is 11.6 Å². The van der Waals surface area contributed by atoms with Gasteiger partial charge in [-0.3, -0.25) is 4.79 Å². The van der Waals surface area contributed by atoms with E-state index < -0.39 is 95.1 Å². The smallest absolute Gasteiger partial charge is 0.550 e. The van der Waals surface area contributed by atoms with Crippen molar-refractivity contribution in [1.82, 2.24) is 5.32 Å². The van der Waals surface area contributed by atoms with E-state index in [2.05, 4.69) is 19.2 Å². The van der Waals surface area contributed by atoms with E-state index in [1.54, 1.807) is 31.2 Å². The van der Waals surface area contributed by atoms with Crippen molar-refractivity contribution in [3.8, 4) is 5.75 Å². The summed E-state index contributed by atoms with van der Waals surface area (Å²) >= 11 is 0. The Hall–Kier alpha value is -1.91. The summed E-state index contributed by atoms with van der Waals surface area (Å²) < 4.78 is 40.1. The number of aliphatic hydroxyl groups excluding tert-OH is 1. The van der Waals surface area contributed by atoms with E-state index in [0.717, 1.165) is 6.42 Å². The second-order valence-corrected chi connectivity index (χ2v) is 19.8. The van der Waals surface area contributed by atoms with Gasteiger partial charge in [0.2, 0.25) is 0 Å². The number of para-hydroxylation sites is 1. The molecule has 1 aromatic rings. The molecule has 5 aliphatic heterocycles. The van der Waals surface area contributed by atoms with Gasteiger partial charge in [-0.2, -0.15) is 0 Å². The van der Waals surface area contributed by atoms with Crippen molar-refractivity contribution < 1.29 is 87.7 Å². The molecule has 0 aliphatic carbocycles. The van der Waals surface area contributed by atoms with Crippen LogP contribution in [0.1, 0.15) is 133 Å². The van der Waals surface area contributed by atoms with Crippen molar-refractivity contribution in [3.05, 3.63) is 42.5 Å². The van der Waals surface area contributed by atoms with Crippen LogP contribution in [0.2, 0.25) is 0 Å². The Bertz CT molecular complexity index is 1750. The molecule has 0 bridgehead atoms. The number of rotatable bonds is 14. The standard InChI is InChI=1S/C49H75NO12.Na/c1-11-35(44(53)54)37-20-19-28(4)42(59-37)32(8)40(51)31(7)41(52)36(12-2)43-29(5)27-30(6)48(60-43)24-21-38(50-45(55)58-34-17-15-14-16-18-34)49(62-48)26-25-46(10,61-49)39-22-23-47(56,13-3)33(9)57-39;/h14-18,21,24,28-33,35-40,42-43,51,56H,11-13,19-20,22-23,25-27H2,1-10H3,(H,50,55)(H,53,54);/q;+1/p-1/t28-,29-,30+,31-,32-,33-,35+,36-,37+,38-,39+,40+,42+,43-,46-,47+,48-,49-;/m0./s1. The average molecular weight is 892 g/mol. The van der Waals surface area contributed by atoms with Crippen molar-refractivity contribution in [2.75, 3.05) is 0 Å². The van der Waals surface area contributed by atoms with E-state index in [9.17, 15) is 29.7 Å². The minimum absolute atomic E-state index is 0. The number of aliphatic hydroxyl groups is 2. The maximum absolute atomic E-state index is 14.7. The number of carbonyl (C=O) groups excluding carboxylic acids is 3. The van der Waals surface area contributed by atoms with Gasteiger partial charge in [0.25, 0.3) is 0 Å². The largest absolute Gasteiger partial charge is 1.00 e. The van der Waals surface area contributed by atoms with Crippen LogP contribution >= 0.6 is 0 Å². The molecule has 18 atom stereocenters. The summed E-state index contributed by atoms with van der Waals surface area (Å²) in [6.45, 7) is 19.5. The second kappa shape index (κ2) is 20.9. The Labute approximate surface area is 397 Å². The molecule has 13 nitrogen and oxygen atoms in total. The number of hydrogen-bond acceptors (Lipinski definition) is 12. The number of ketones is 1. The molecule has 0 unspecified atom stereocenters. The molecule has 5 heterocycles. The number of hydrogen-bond donors (Lipinski definition) is 3. The first kappa shape index (κ1) is 52.1. The summed E-state index contributed by atoms with van der Waals surface area (Å²) in [4.78, 5) is 40.1. The van der Waals surface area contributed by atoms with E-state index in [4.69, 9.17) is 28.4 Å². The Morgan fingerprint density at radius 3 is 2.21 bits per heavy atom. The average Bonchev–Trinajstić information content (AvgIpc) is 3.59. The van der Waals surface area contributed by atoms with Crippen molar-refractivity contribution in [1.29, 1.82) is 0 Å². The van der Waals surface area contributed by atoms with Crippen LogP contribution in [0.25, 0.3) is 0 Å². The monoisotopic (exact) mass is 892 g/mol. The van der Waals surface area contributed by atoms with E-state index in [-0.39, 0.29) is 59.2 Å². The SMILES string of the molecule is CC[C@@H](C(=O)[C@@H](C)[C@@H](O)[C@H](C)[C@@H]1O[C@@H]([C@@H](CC)C(=O)[O-])CC[C@@H]1C)[C@H]1O[C@]2(C=C[C@H](NC(=O)Oc3ccccc3)[C@]3(CC[C@@](C)([C@H]4CC[C@](O)(CC)[C@H](C)O4)O3)O2)[C@H](C)C[C@@H]1C.[Na+]. The van der Waals surface area contributed by atoms with Gasteiger partial charge in [0, 0.05) is 42.0 Å². The molecular formula is C49H74NNaO12. The van der Waals surface area contributed by atoms with E-state index in [0.29, 0.717) is 63.5 Å². The van der Waals surface area contributed by atoms with Crippen molar-refractivity contribution in [2.45, 2.75) is 199 Å². The molecule has 2 spiro atoms. The fourth-order valence-corrected chi connectivity index (χ4v) is 11.4. The number of carboxylic acid groups (broad SMARTS) is 1. The number of ether oxygens (including phenoxy) is 6. The van der Waals surface area contributed by atoms with Crippen LogP contribution in [0.15, 0.2) is 42.5 Å². The predicted octanol–water partition coefficient (Wildman–Crippen LogP) is 3.65. The normalized spacial score (nSPS) is 40.3. The number of benzene rings is 1. The second-order valence-electron chi connectivity index (χ2n) is 19.8. The first-order valence-electron chi connectivity index (χ1n) is 23.5. The third-order valence-corrected chi connectivity index (χ3v) is 15.7. The first-order chi connectivity index (χ1) is 29.3. The van der Waals surface area contributed by atoms with Crippen LogP contribution in [0.3, 0.4) is 0 Å². The van der Waals surface area contributed by atoms with Crippen molar-refractivity contribution in [3.63, 3.8) is 0 Å². The van der Waals surface area contributed by atoms with Crippen LogP contribution in [0.5, 0.6) is 5.75 Å². The molecule has 3 N–H and O–H groups in total. The molecule has 348 valence electrons. The maximum Gasteiger partial charge on any atom is 1.00 e. The van der Waals surface area contributed by atoms with Crippen LogP contribution in [-0.2, 0) is 33.3 Å². The fourth-order valence-electron chi connectivity index (χ4n) is 11.4. The van der Waals surface area contributed by atoms with Gasteiger partial charge in [-0.15, -0.1) is 0 Å². The zero-order chi connectivity index (χ0) is 45.4. The summed E-state index contributed by atoms with van der Waals surface area (Å²) in [6.07, 6.45) is 5.22. The van der Waals surface area contributed by atoms with Crippen LogP contribution < -0.4 is 44.7 Å². The first-order valence-corrected chi connectivity index (χ1v) is 23.5. The number of amides is 1. The maximum atomic E-state index is 14.7. The molecule has 1 aromatic carbocycles. The molecule has 4 saturated heterocycles. The van der Waals surface area contributed by atoms with Gasteiger partial charge < -0.3 is 53.9 Å². The van der Waals surface area contributed by atoms with Crippen LogP contribution in [0.4, 0.5) is 4.79 Å². The molecule has 14 heteroatoms. The third-order valence-electron chi connectivity index (χ3n) is 15.7. The predicted molar refractivity (Wildman–Crippen MR) is 229 cm³/mol. The summed E-state index contributed by atoms with van der Waals surface area (Å²) in [5.41, 5.74) is -1.77. The Kier molecular flexibility index (Phi) is 17.3. The Morgan fingerprint density at radius 2 is 1.59 bits per heavy atom. The van der Waals surface area contributed by atoms with Gasteiger partial charge in [0.1, 0.15) is 17.6 Å². The molecule has 4 fully saturated rings. The zero-order valence-corrected chi connectivity index (χ0v) is 41.7. The molecule has 5 aliphatic rings. The minimum atomic E-state index is -1.41. The van der Waals surface area contributed by atoms with E-state index in [1.807, 2.05) is 66.7 Å². The van der Waals surface area contributed by atoms with E-state index in [1.165, 1.54) is 0 Å². The van der Waals surface area contributed by atoms with Crippen molar-refractivity contribution >= 4 is 17.8 Å². The number of aliphatic carboxylic acids is 1. The molecule has 1 amide bonds. The van der Waals surface area contributed by atoms with Gasteiger partial charge in [-0.05, 0) is 102 Å². The summed E-state index contributed by atoms with van der Waals surface area (Å²) in [7, 11) is 0. The molecule has 6 rings (SSSR count). The summed E-state index contributed by atoms with van der Waals surface area (Å²) in [5.74, 6) is -6.28. The van der Waals surface area contributed by atoms with Crippen LogP contribution in [-0.4, -0.2) is 93.5 Å². The third kappa shape index (κ3) is 10.6. The molecule has 0 aromatic heterocycles. The number of carboxylic acids is 1. The Morgan fingerprint density at radius 1 is 0.905 bits per heavy atom. The number of nitrogens with one attached hydrogen (secondary N) is 1. The topological polar surface area (TPSA) is 182 Å². The number of carbonyl (C=O) groups is 3. The zero-order valence-electron chi connectivity index (χ0n) is 39.7. The van der Waals surface area contributed by atoms with Crippen LogP contribution in [0, 0.1) is 41.4 Å². The Balaban J connectivity index is 0.00000748. The van der Waals surface area contributed by atoms with Crippen molar-refractivity contribution in [2.24, 2.45) is 41.4 Å². The number of Topliss-reactive ketones (excluding diaryl/α,β-unsaturated/α-hetero) is 1. The summed E-state index contributed by atoms with van der Waals surface area (Å²) in [5, 5.41) is 38.0. The minimum Gasteiger partial charge on any atom is -0.550 e. The quantitative estimate of drug-likeness (QED) is 0.183. The molecule has 0 radical (unpaired) electrons. The fraction of sp³-hybridized carbons (Fsp3) is 0.776. The summed E-state index contributed by atoms with van der Waals surface area (Å²) in [6, 6.07) is 8.03. The molecular weight excluding hydrogens is 818 g/mol. The van der Waals surface area contributed by atoms with Gasteiger partial charge >= 0.3 is 35.7 Å². The van der Waals surface area contributed by atoms with Gasteiger partial charge in [-0.25, -0.2) is 4.79 Å².